The van der Waals surface area contributed by atoms with Gasteiger partial charge in [0.15, 0.2) is 11.9 Å². The maximum atomic E-state index is 12.9. The van der Waals surface area contributed by atoms with E-state index in [0.29, 0.717) is 23.8 Å². The third-order valence-corrected chi connectivity index (χ3v) is 8.25. The average Bonchev–Trinajstić information content (AvgIpc) is 3.62. The molecule has 2 aliphatic heterocycles. The van der Waals surface area contributed by atoms with Crippen molar-refractivity contribution in [3.8, 4) is 5.75 Å². The molecule has 1 saturated heterocycles. The summed E-state index contributed by atoms with van der Waals surface area (Å²) in [6.45, 7) is 6.50. The number of benzene rings is 2. The lowest BCUT2D eigenvalue weighted by Gasteiger charge is -2.33. The van der Waals surface area contributed by atoms with E-state index in [-0.39, 0.29) is 11.9 Å². The van der Waals surface area contributed by atoms with Crippen LogP contribution in [0.2, 0.25) is 5.02 Å². The Morgan fingerprint density at radius 1 is 1.17 bits per heavy atom. The zero-order chi connectivity index (χ0) is 25.2. The van der Waals surface area contributed by atoms with E-state index in [0.717, 1.165) is 59.0 Å². The van der Waals surface area contributed by atoms with E-state index in [1.165, 1.54) is 18.4 Å². The fourth-order valence-electron chi connectivity index (χ4n) is 5.03. The first-order valence-corrected chi connectivity index (χ1v) is 14.0. The standard InChI is InChI=1S/C29H32BrClN2O3/c1-3-35-29(34)27-22(17-25(32-27)21-6-4-5-7-23(21)30)20-10-11-26(24(31)16-20)36-28(19-8-9-19)33-14-12-18(2)13-15-33/h4-7,10-11,16,18,22,27H,3,8-9,12-15,17H2,1-2H3. The maximum Gasteiger partial charge on any atom is 0.331 e. The van der Waals surface area contributed by atoms with Crippen molar-refractivity contribution in [3.63, 3.8) is 0 Å². The molecule has 7 heteroatoms. The SMILES string of the molecule is CCOC(=O)C1N=C(c2ccccc2Br)CC1c1ccc(OC(=C2CC2)N2CCC(C)CC2)c(Cl)c1. The molecule has 2 aromatic carbocycles. The van der Waals surface area contributed by atoms with E-state index >= 15 is 0 Å². The molecule has 0 radical (unpaired) electrons. The molecule has 2 heterocycles. The second kappa shape index (κ2) is 11.0. The third-order valence-electron chi connectivity index (χ3n) is 7.27. The van der Waals surface area contributed by atoms with Gasteiger partial charge in [0.1, 0.15) is 5.75 Å². The van der Waals surface area contributed by atoms with Gasteiger partial charge in [-0.15, -0.1) is 0 Å². The summed E-state index contributed by atoms with van der Waals surface area (Å²) in [7, 11) is 0. The smallest absolute Gasteiger partial charge is 0.331 e. The number of ether oxygens (including phenoxy) is 2. The zero-order valence-corrected chi connectivity index (χ0v) is 23.1. The molecule has 0 amide bonds. The summed E-state index contributed by atoms with van der Waals surface area (Å²) in [5.74, 6) is 1.95. The highest BCUT2D eigenvalue weighted by Crippen LogP contribution is 2.41. The van der Waals surface area contributed by atoms with Crippen LogP contribution in [0.5, 0.6) is 5.75 Å². The predicted molar refractivity (Wildman–Crippen MR) is 147 cm³/mol. The molecular weight excluding hydrogens is 540 g/mol. The summed E-state index contributed by atoms with van der Waals surface area (Å²) in [5.41, 5.74) is 4.22. The van der Waals surface area contributed by atoms with Gasteiger partial charge < -0.3 is 14.4 Å². The van der Waals surface area contributed by atoms with E-state index in [1.54, 1.807) is 0 Å². The number of aliphatic imine (C=N–C) groups is 1. The number of halogens is 2. The minimum absolute atomic E-state index is 0.150. The molecule has 5 rings (SSSR count). The number of allylic oxidation sites excluding steroid dienone is 1. The maximum absolute atomic E-state index is 12.9. The zero-order valence-electron chi connectivity index (χ0n) is 20.8. The summed E-state index contributed by atoms with van der Waals surface area (Å²) in [5, 5.41) is 0.550. The molecule has 0 bridgehead atoms. The second-order valence-electron chi connectivity index (χ2n) is 9.93. The lowest BCUT2D eigenvalue weighted by atomic mass is 9.89. The number of piperidine rings is 1. The second-order valence-corrected chi connectivity index (χ2v) is 11.2. The van der Waals surface area contributed by atoms with Gasteiger partial charge in [0.25, 0.3) is 0 Å². The number of hydrogen-bond acceptors (Lipinski definition) is 5. The highest BCUT2D eigenvalue weighted by Gasteiger charge is 2.38. The monoisotopic (exact) mass is 570 g/mol. The van der Waals surface area contributed by atoms with Crippen LogP contribution in [0.4, 0.5) is 0 Å². The molecular formula is C29H32BrClN2O3. The highest BCUT2D eigenvalue weighted by atomic mass is 79.9. The predicted octanol–water partition coefficient (Wildman–Crippen LogP) is 7.13. The van der Waals surface area contributed by atoms with Crippen molar-refractivity contribution >= 4 is 39.2 Å². The molecule has 2 atom stereocenters. The van der Waals surface area contributed by atoms with Crippen LogP contribution in [0.25, 0.3) is 0 Å². The molecule has 2 unspecified atom stereocenters. The van der Waals surface area contributed by atoms with Crippen molar-refractivity contribution < 1.29 is 14.3 Å². The number of rotatable bonds is 7. The van der Waals surface area contributed by atoms with Crippen molar-refractivity contribution in [3.05, 3.63) is 74.5 Å². The third kappa shape index (κ3) is 5.50. The van der Waals surface area contributed by atoms with Gasteiger partial charge in [0.05, 0.1) is 11.6 Å². The molecule has 1 aliphatic carbocycles. The lowest BCUT2D eigenvalue weighted by molar-refractivity contribution is -0.144. The molecule has 0 spiro atoms. The fourth-order valence-corrected chi connectivity index (χ4v) is 5.77. The van der Waals surface area contributed by atoms with Gasteiger partial charge in [0, 0.05) is 34.8 Å². The van der Waals surface area contributed by atoms with E-state index in [2.05, 4.69) is 27.8 Å². The van der Waals surface area contributed by atoms with Crippen LogP contribution in [0.3, 0.4) is 0 Å². The van der Waals surface area contributed by atoms with Gasteiger partial charge in [-0.2, -0.15) is 0 Å². The van der Waals surface area contributed by atoms with Crippen LogP contribution in [0.15, 0.2) is 63.4 Å². The Morgan fingerprint density at radius 2 is 1.92 bits per heavy atom. The molecule has 5 nitrogen and oxygen atoms in total. The number of nitrogens with zero attached hydrogens (tertiary/aromatic N) is 2. The minimum atomic E-state index is -0.602. The fraction of sp³-hybridized carbons (Fsp3) is 0.448. The number of hydrogen-bond donors (Lipinski definition) is 0. The van der Waals surface area contributed by atoms with Crippen molar-refractivity contribution in [2.75, 3.05) is 19.7 Å². The summed E-state index contributed by atoms with van der Waals surface area (Å²) in [6.07, 6.45) is 5.18. The first kappa shape index (κ1) is 25.3. The van der Waals surface area contributed by atoms with Crippen LogP contribution >= 0.6 is 27.5 Å². The normalized spacial score (nSPS) is 21.8. The van der Waals surface area contributed by atoms with Crippen molar-refractivity contribution in [2.45, 2.75) is 57.9 Å². The summed E-state index contributed by atoms with van der Waals surface area (Å²) >= 11 is 10.4. The Kier molecular flexibility index (Phi) is 7.73. The number of esters is 1. The topological polar surface area (TPSA) is 51.1 Å². The van der Waals surface area contributed by atoms with E-state index < -0.39 is 6.04 Å². The van der Waals surface area contributed by atoms with Crippen LogP contribution in [-0.4, -0.2) is 42.3 Å². The largest absolute Gasteiger partial charge is 0.464 e. The molecule has 0 N–H and O–H groups in total. The number of likely N-dealkylation sites (tertiary alicyclic amines) is 1. The van der Waals surface area contributed by atoms with Gasteiger partial charge in [0.2, 0.25) is 0 Å². The van der Waals surface area contributed by atoms with Crippen molar-refractivity contribution in [1.82, 2.24) is 4.90 Å². The molecule has 1 saturated carbocycles. The van der Waals surface area contributed by atoms with Gasteiger partial charge in [-0.05, 0) is 74.3 Å². The van der Waals surface area contributed by atoms with Gasteiger partial charge in [-0.25, -0.2) is 4.79 Å². The van der Waals surface area contributed by atoms with Crippen molar-refractivity contribution in [2.24, 2.45) is 10.9 Å². The molecule has 0 aromatic heterocycles. The molecule has 3 aliphatic rings. The minimum Gasteiger partial charge on any atom is -0.464 e. The Bertz CT molecular complexity index is 1200. The van der Waals surface area contributed by atoms with Crippen LogP contribution in [0, 0.1) is 5.92 Å². The molecule has 2 aromatic rings. The first-order valence-electron chi connectivity index (χ1n) is 12.9. The van der Waals surface area contributed by atoms with Gasteiger partial charge >= 0.3 is 5.97 Å². The van der Waals surface area contributed by atoms with Crippen LogP contribution < -0.4 is 4.74 Å². The summed E-state index contributed by atoms with van der Waals surface area (Å²) in [4.78, 5) is 20.0. The Hall–Kier alpha value is -2.31. The number of carbonyl (C=O) groups excluding carboxylic acids is 1. The molecule has 36 heavy (non-hydrogen) atoms. The lowest BCUT2D eigenvalue weighted by Crippen LogP contribution is -2.34. The van der Waals surface area contributed by atoms with E-state index in [4.69, 9.17) is 26.1 Å². The van der Waals surface area contributed by atoms with E-state index in [9.17, 15) is 4.79 Å². The first-order chi connectivity index (χ1) is 17.4. The van der Waals surface area contributed by atoms with Crippen molar-refractivity contribution in [1.29, 1.82) is 0 Å². The quantitative estimate of drug-likeness (QED) is 0.262. The van der Waals surface area contributed by atoms with E-state index in [1.807, 2.05) is 49.4 Å². The summed E-state index contributed by atoms with van der Waals surface area (Å²) < 4.78 is 12.8. The summed E-state index contributed by atoms with van der Waals surface area (Å²) in [6, 6.07) is 13.2. The molecule has 2 fully saturated rings. The average molecular weight is 572 g/mol. The van der Waals surface area contributed by atoms with Crippen LogP contribution in [0.1, 0.15) is 63.0 Å². The van der Waals surface area contributed by atoms with Crippen LogP contribution in [-0.2, 0) is 9.53 Å². The Labute approximate surface area is 226 Å². The van der Waals surface area contributed by atoms with Gasteiger partial charge in [-0.1, -0.05) is 58.7 Å². The number of carbonyl (C=O) groups is 1. The molecule has 190 valence electrons. The highest BCUT2D eigenvalue weighted by molar-refractivity contribution is 9.10. The Morgan fingerprint density at radius 3 is 2.58 bits per heavy atom. The Balaban J connectivity index is 1.38. The van der Waals surface area contributed by atoms with Gasteiger partial charge in [-0.3, -0.25) is 4.99 Å².